The minimum atomic E-state index is 0.881. The number of halogens is 1. The quantitative estimate of drug-likeness (QED) is 0.504. The highest BCUT2D eigenvalue weighted by atomic mass is 127. The molecule has 3 aromatic carbocycles. The lowest BCUT2D eigenvalue weighted by molar-refractivity contribution is 0.944. The fourth-order valence-electron chi connectivity index (χ4n) is 3.28. The SMILES string of the molecule is Cc1c(I)cc2ccccc2c1C1=NCCc2ccccc21. The Morgan fingerprint density at radius 1 is 1.00 bits per heavy atom. The molecule has 0 unspecified atom stereocenters. The largest absolute Gasteiger partial charge is 0.284 e. The highest BCUT2D eigenvalue weighted by molar-refractivity contribution is 14.1. The summed E-state index contributed by atoms with van der Waals surface area (Å²) in [6.45, 7) is 3.09. The summed E-state index contributed by atoms with van der Waals surface area (Å²) in [7, 11) is 0. The summed E-state index contributed by atoms with van der Waals surface area (Å²) < 4.78 is 1.30. The molecule has 1 aliphatic heterocycles. The van der Waals surface area contributed by atoms with Gasteiger partial charge in [-0.1, -0.05) is 48.5 Å². The predicted octanol–water partition coefficient (Wildman–Crippen LogP) is 5.15. The van der Waals surface area contributed by atoms with Crippen LogP contribution in [0.4, 0.5) is 0 Å². The first kappa shape index (κ1) is 13.9. The Hall–Kier alpha value is -1.68. The Morgan fingerprint density at radius 3 is 2.68 bits per heavy atom. The molecule has 0 bridgehead atoms. The molecule has 0 spiro atoms. The fraction of sp³-hybridized carbons (Fsp3) is 0.150. The Labute approximate surface area is 144 Å². The number of rotatable bonds is 1. The van der Waals surface area contributed by atoms with Crippen LogP contribution in [-0.2, 0) is 6.42 Å². The summed E-state index contributed by atoms with van der Waals surface area (Å²) >= 11 is 2.44. The summed E-state index contributed by atoms with van der Waals surface area (Å²) in [6.07, 6.45) is 1.04. The van der Waals surface area contributed by atoms with Crippen molar-refractivity contribution >= 4 is 39.1 Å². The van der Waals surface area contributed by atoms with Crippen molar-refractivity contribution in [1.29, 1.82) is 0 Å². The average Bonchev–Trinajstić information content (AvgIpc) is 2.56. The molecule has 0 saturated heterocycles. The minimum absolute atomic E-state index is 0.881. The van der Waals surface area contributed by atoms with E-state index in [1.165, 1.54) is 36.6 Å². The van der Waals surface area contributed by atoms with E-state index in [9.17, 15) is 0 Å². The van der Waals surface area contributed by atoms with Crippen LogP contribution in [0.3, 0.4) is 0 Å². The molecular weight excluding hydrogens is 381 g/mol. The first-order valence-corrected chi connectivity index (χ1v) is 8.64. The molecule has 1 aliphatic rings. The molecular formula is C20H16IN. The van der Waals surface area contributed by atoms with Gasteiger partial charge in [0.1, 0.15) is 0 Å². The standard InChI is InChI=1S/C20H16IN/c1-13-18(21)12-15-7-3-4-8-16(15)19(13)20-17-9-5-2-6-14(17)10-11-22-20/h2-9,12H,10-11H2,1H3. The van der Waals surface area contributed by atoms with Gasteiger partial charge in [-0.3, -0.25) is 4.99 Å². The van der Waals surface area contributed by atoms with Crippen molar-refractivity contribution in [3.8, 4) is 0 Å². The van der Waals surface area contributed by atoms with E-state index < -0.39 is 0 Å². The molecule has 0 amide bonds. The van der Waals surface area contributed by atoms with E-state index in [4.69, 9.17) is 4.99 Å². The summed E-state index contributed by atoms with van der Waals surface area (Å²) in [5.74, 6) is 0. The number of hydrogen-bond donors (Lipinski definition) is 0. The zero-order valence-electron chi connectivity index (χ0n) is 12.4. The van der Waals surface area contributed by atoms with Crippen LogP contribution >= 0.6 is 22.6 Å². The third-order valence-corrected chi connectivity index (χ3v) is 5.53. The summed E-state index contributed by atoms with van der Waals surface area (Å²) in [5, 5.41) is 2.59. The number of nitrogens with zero attached hydrogens (tertiary/aromatic N) is 1. The summed E-state index contributed by atoms with van der Waals surface area (Å²) in [6, 6.07) is 19.6. The van der Waals surface area contributed by atoms with Gasteiger partial charge in [0.15, 0.2) is 0 Å². The lowest BCUT2D eigenvalue weighted by atomic mass is 9.88. The fourth-order valence-corrected chi connectivity index (χ4v) is 3.88. The zero-order chi connectivity index (χ0) is 15.1. The smallest absolute Gasteiger partial charge is 0.0731 e. The van der Waals surface area contributed by atoms with Gasteiger partial charge < -0.3 is 0 Å². The number of hydrogen-bond acceptors (Lipinski definition) is 1. The second-order valence-electron chi connectivity index (χ2n) is 5.72. The van der Waals surface area contributed by atoms with Gasteiger partial charge in [-0.05, 0) is 63.9 Å². The Kier molecular flexibility index (Phi) is 3.49. The first-order chi connectivity index (χ1) is 10.8. The maximum Gasteiger partial charge on any atom is 0.0731 e. The third-order valence-electron chi connectivity index (χ3n) is 4.41. The molecule has 4 rings (SSSR count). The van der Waals surface area contributed by atoms with Crippen molar-refractivity contribution in [2.24, 2.45) is 4.99 Å². The monoisotopic (exact) mass is 397 g/mol. The van der Waals surface area contributed by atoms with Crippen LogP contribution in [0.2, 0.25) is 0 Å². The second-order valence-corrected chi connectivity index (χ2v) is 6.88. The van der Waals surface area contributed by atoms with Crippen LogP contribution in [0.5, 0.6) is 0 Å². The highest BCUT2D eigenvalue weighted by Gasteiger charge is 2.20. The maximum atomic E-state index is 4.91. The lowest BCUT2D eigenvalue weighted by Crippen LogP contribution is -2.16. The zero-order valence-corrected chi connectivity index (χ0v) is 14.6. The summed E-state index contributed by atoms with van der Waals surface area (Å²) in [4.78, 5) is 4.91. The van der Waals surface area contributed by atoms with Gasteiger partial charge in [-0.25, -0.2) is 0 Å². The van der Waals surface area contributed by atoms with Crippen LogP contribution < -0.4 is 0 Å². The molecule has 0 fully saturated rings. The molecule has 0 atom stereocenters. The number of fused-ring (bicyclic) bond motifs is 2. The van der Waals surface area contributed by atoms with Crippen LogP contribution in [0.1, 0.15) is 22.3 Å². The van der Waals surface area contributed by atoms with E-state index in [0.717, 1.165) is 18.7 Å². The topological polar surface area (TPSA) is 12.4 Å². The van der Waals surface area contributed by atoms with E-state index in [1.54, 1.807) is 0 Å². The normalized spacial score (nSPS) is 13.8. The van der Waals surface area contributed by atoms with Crippen LogP contribution in [0.15, 0.2) is 59.6 Å². The number of aliphatic imine (C=N–C) groups is 1. The molecule has 2 heteroatoms. The average molecular weight is 397 g/mol. The molecule has 3 aromatic rings. The Morgan fingerprint density at radius 2 is 1.77 bits per heavy atom. The van der Waals surface area contributed by atoms with Crippen LogP contribution in [0.25, 0.3) is 10.8 Å². The van der Waals surface area contributed by atoms with Gasteiger partial charge in [0, 0.05) is 21.2 Å². The van der Waals surface area contributed by atoms with E-state index >= 15 is 0 Å². The van der Waals surface area contributed by atoms with Crippen molar-refractivity contribution < 1.29 is 0 Å². The van der Waals surface area contributed by atoms with Gasteiger partial charge in [-0.15, -0.1) is 0 Å². The molecule has 1 heterocycles. The molecule has 0 radical (unpaired) electrons. The van der Waals surface area contributed by atoms with E-state index in [2.05, 4.69) is 84.1 Å². The van der Waals surface area contributed by atoms with E-state index in [1.807, 2.05) is 0 Å². The molecule has 0 N–H and O–H groups in total. The van der Waals surface area contributed by atoms with Crippen molar-refractivity contribution in [2.75, 3.05) is 6.54 Å². The van der Waals surface area contributed by atoms with Crippen molar-refractivity contribution in [3.05, 3.63) is 80.4 Å². The van der Waals surface area contributed by atoms with E-state index in [0.29, 0.717) is 0 Å². The number of benzene rings is 3. The highest BCUT2D eigenvalue weighted by Crippen LogP contribution is 2.31. The minimum Gasteiger partial charge on any atom is -0.284 e. The molecule has 1 nitrogen and oxygen atoms in total. The van der Waals surface area contributed by atoms with Crippen LogP contribution in [0, 0.1) is 10.5 Å². The van der Waals surface area contributed by atoms with Gasteiger partial charge in [0.25, 0.3) is 0 Å². The van der Waals surface area contributed by atoms with Gasteiger partial charge >= 0.3 is 0 Å². The third kappa shape index (κ3) is 2.17. The second kappa shape index (κ2) is 5.51. The van der Waals surface area contributed by atoms with Crippen molar-refractivity contribution in [3.63, 3.8) is 0 Å². The predicted molar refractivity (Wildman–Crippen MR) is 102 cm³/mol. The molecule has 22 heavy (non-hydrogen) atoms. The molecule has 0 saturated carbocycles. The molecule has 0 aliphatic carbocycles. The molecule has 108 valence electrons. The van der Waals surface area contributed by atoms with E-state index in [-0.39, 0.29) is 0 Å². The maximum absolute atomic E-state index is 4.91. The Bertz CT molecular complexity index is 909. The van der Waals surface area contributed by atoms with Crippen LogP contribution in [-0.4, -0.2) is 12.3 Å². The summed E-state index contributed by atoms with van der Waals surface area (Å²) in [5.41, 5.74) is 6.50. The first-order valence-electron chi connectivity index (χ1n) is 7.56. The lowest BCUT2D eigenvalue weighted by Gasteiger charge is -2.20. The van der Waals surface area contributed by atoms with Gasteiger partial charge in [0.2, 0.25) is 0 Å². The Balaban J connectivity index is 2.07. The van der Waals surface area contributed by atoms with Gasteiger partial charge in [-0.2, -0.15) is 0 Å². The van der Waals surface area contributed by atoms with Crippen molar-refractivity contribution in [1.82, 2.24) is 0 Å². The molecule has 0 aromatic heterocycles. The van der Waals surface area contributed by atoms with Crippen molar-refractivity contribution in [2.45, 2.75) is 13.3 Å². The van der Waals surface area contributed by atoms with Gasteiger partial charge in [0.05, 0.1) is 5.71 Å².